The number of aryl methyl sites for hydroxylation is 1. The van der Waals surface area contributed by atoms with E-state index in [-0.39, 0.29) is 5.91 Å². The first-order chi connectivity index (χ1) is 12.2. The molecule has 0 saturated heterocycles. The minimum atomic E-state index is -0.0495. The van der Waals surface area contributed by atoms with Crippen molar-refractivity contribution in [2.75, 3.05) is 6.54 Å². The lowest BCUT2D eigenvalue weighted by molar-refractivity contribution is -0.121. The molecule has 128 valence electrons. The quantitative estimate of drug-likeness (QED) is 0.703. The molecule has 7 heteroatoms. The molecule has 0 unspecified atom stereocenters. The smallest absolute Gasteiger partial charge is 0.227 e. The molecule has 1 amide bonds. The number of rotatable bonds is 7. The number of nitrogens with one attached hydrogen (secondary N) is 1. The molecule has 0 aliphatic carbocycles. The van der Waals surface area contributed by atoms with Gasteiger partial charge in [0.2, 0.25) is 17.6 Å². The van der Waals surface area contributed by atoms with Crippen molar-refractivity contribution in [2.45, 2.75) is 19.3 Å². The molecule has 0 bridgehead atoms. The highest BCUT2D eigenvalue weighted by Gasteiger charge is 2.11. The van der Waals surface area contributed by atoms with Crippen molar-refractivity contribution in [3.05, 3.63) is 65.1 Å². The van der Waals surface area contributed by atoms with Crippen LogP contribution in [0.2, 0.25) is 5.02 Å². The summed E-state index contributed by atoms with van der Waals surface area (Å²) in [6.45, 7) is 0.573. The lowest BCUT2D eigenvalue weighted by Crippen LogP contribution is -2.25. The van der Waals surface area contributed by atoms with Crippen LogP contribution >= 0.6 is 11.6 Å². The topological polar surface area (TPSA) is 80.9 Å². The third-order valence-corrected chi connectivity index (χ3v) is 3.83. The van der Waals surface area contributed by atoms with Crippen molar-refractivity contribution >= 4 is 17.5 Å². The number of benzene rings is 1. The summed E-state index contributed by atoms with van der Waals surface area (Å²) in [7, 11) is 0. The second-order valence-corrected chi connectivity index (χ2v) is 5.89. The highest BCUT2D eigenvalue weighted by molar-refractivity contribution is 6.30. The van der Waals surface area contributed by atoms with Gasteiger partial charge in [-0.05, 0) is 36.2 Å². The first-order valence-corrected chi connectivity index (χ1v) is 8.33. The summed E-state index contributed by atoms with van der Waals surface area (Å²) in [6, 6.07) is 13.1. The van der Waals surface area contributed by atoms with Crippen molar-refractivity contribution in [3.8, 4) is 11.5 Å². The number of carbonyl (C=O) groups excluding carboxylic acids is 1. The standard InChI is InChI=1S/C18H17ClN4O2/c19-14-6-4-13(5-7-14)10-12-21-16(24)8-9-17-22-18(23-25-17)15-3-1-2-11-20-15/h1-7,11H,8-10,12H2,(H,21,24). The molecule has 1 aromatic carbocycles. The second-order valence-electron chi connectivity index (χ2n) is 5.45. The van der Waals surface area contributed by atoms with Crippen LogP contribution in [0.4, 0.5) is 0 Å². The van der Waals surface area contributed by atoms with Crippen molar-refractivity contribution in [1.29, 1.82) is 0 Å². The molecule has 0 aliphatic rings. The highest BCUT2D eigenvalue weighted by Crippen LogP contribution is 2.13. The zero-order valence-corrected chi connectivity index (χ0v) is 14.2. The van der Waals surface area contributed by atoms with Gasteiger partial charge in [-0.25, -0.2) is 0 Å². The van der Waals surface area contributed by atoms with E-state index in [0.717, 1.165) is 12.0 Å². The monoisotopic (exact) mass is 356 g/mol. The summed E-state index contributed by atoms with van der Waals surface area (Å²) in [5, 5.41) is 7.47. The summed E-state index contributed by atoms with van der Waals surface area (Å²) in [4.78, 5) is 20.3. The van der Waals surface area contributed by atoms with E-state index in [9.17, 15) is 4.79 Å². The number of pyridine rings is 1. The molecule has 25 heavy (non-hydrogen) atoms. The molecule has 1 N–H and O–H groups in total. The zero-order chi connectivity index (χ0) is 17.5. The molecular formula is C18H17ClN4O2. The summed E-state index contributed by atoms with van der Waals surface area (Å²) in [5.41, 5.74) is 1.77. The maximum Gasteiger partial charge on any atom is 0.227 e. The molecule has 0 fully saturated rings. The van der Waals surface area contributed by atoms with E-state index in [1.165, 1.54) is 0 Å². The van der Waals surface area contributed by atoms with Crippen molar-refractivity contribution in [3.63, 3.8) is 0 Å². The van der Waals surface area contributed by atoms with Crippen LogP contribution in [0.25, 0.3) is 11.5 Å². The van der Waals surface area contributed by atoms with E-state index in [2.05, 4.69) is 20.4 Å². The van der Waals surface area contributed by atoms with Gasteiger partial charge in [-0.3, -0.25) is 9.78 Å². The Balaban J connectivity index is 1.42. The summed E-state index contributed by atoms with van der Waals surface area (Å²) in [6.07, 6.45) is 3.11. The lowest BCUT2D eigenvalue weighted by atomic mass is 10.1. The van der Waals surface area contributed by atoms with E-state index < -0.39 is 0 Å². The average Bonchev–Trinajstić information content (AvgIpc) is 3.11. The van der Waals surface area contributed by atoms with E-state index >= 15 is 0 Å². The Bertz CT molecular complexity index is 819. The van der Waals surface area contributed by atoms with E-state index in [0.29, 0.717) is 41.8 Å². The largest absolute Gasteiger partial charge is 0.356 e. The van der Waals surface area contributed by atoms with Crippen LogP contribution in [0, 0.1) is 0 Å². The number of aromatic nitrogens is 3. The number of amides is 1. The fraction of sp³-hybridized carbons (Fsp3) is 0.222. The van der Waals surface area contributed by atoms with Gasteiger partial charge in [0.1, 0.15) is 5.69 Å². The van der Waals surface area contributed by atoms with Crippen LogP contribution in [0.5, 0.6) is 0 Å². The Labute approximate surface area is 150 Å². The van der Waals surface area contributed by atoms with Gasteiger partial charge in [0.25, 0.3) is 0 Å². The molecule has 0 atom stereocenters. The Hall–Kier alpha value is -2.73. The number of hydrogen-bond acceptors (Lipinski definition) is 5. The molecule has 3 aromatic rings. The highest BCUT2D eigenvalue weighted by atomic mass is 35.5. The normalized spacial score (nSPS) is 10.6. The van der Waals surface area contributed by atoms with Gasteiger partial charge < -0.3 is 9.84 Å². The second kappa shape index (κ2) is 8.39. The van der Waals surface area contributed by atoms with Crippen LogP contribution in [-0.2, 0) is 17.6 Å². The van der Waals surface area contributed by atoms with E-state index in [1.54, 1.807) is 12.3 Å². The summed E-state index contributed by atoms with van der Waals surface area (Å²) in [5.74, 6) is 0.804. The van der Waals surface area contributed by atoms with Gasteiger partial charge in [-0.15, -0.1) is 0 Å². The van der Waals surface area contributed by atoms with Gasteiger partial charge in [-0.1, -0.05) is 35.0 Å². The maximum atomic E-state index is 11.9. The van der Waals surface area contributed by atoms with Gasteiger partial charge in [0.05, 0.1) is 0 Å². The first-order valence-electron chi connectivity index (χ1n) is 7.96. The van der Waals surface area contributed by atoms with Crippen molar-refractivity contribution in [1.82, 2.24) is 20.4 Å². The SMILES string of the molecule is O=C(CCc1nc(-c2ccccn2)no1)NCCc1ccc(Cl)cc1. The van der Waals surface area contributed by atoms with Gasteiger partial charge >= 0.3 is 0 Å². The fourth-order valence-corrected chi connectivity index (χ4v) is 2.39. The lowest BCUT2D eigenvalue weighted by Gasteiger charge is -2.04. The predicted molar refractivity (Wildman–Crippen MR) is 94.0 cm³/mol. The molecular weight excluding hydrogens is 340 g/mol. The Morgan fingerprint density at radius 1 is 1.12 bits per heavy atom. The molecule has 0 aliphatic heterocycles. The number of nitrogens with zero attached hydrogens (tertiary/aromatic N) is 3. The fourth-order valence-electron chi connectivity index (χ4n) is 2.26. The third kappa shape index (κ3) is 5.12. The minimum Gasteiger partial charge on any atom is -0.356 e. The number of hydrogen-bond donors (Lipinski definition) is 1. The summed E-state index contributed by atoms with van der Waals surface area (Å²) < 4.78 is 5.16. The van der Waals surface area contributed by atoms with Crippen LogP contribution < -0.4 is 5.32 Å². The van der Waals surface area contributed by atoms with Crippen LogP contribution in [-0.4, -0.2) is 27.6 Å². The van der Waals surface area contributed by atoms with Crippen LogP contribution in [0.3, 0.4) is 0 Å². The zero-order valence-electron chi connectivity index (χ0n) is 13.5. The number of halogens is 1. The van der Waals surface area contributed by atoms with Crippen molar-refractivity contribution < 1.29 is 9.32 Å². The molecule has 3 rings (SSSR count). The van der Waals surface area contributed by atoms with Crippen LogP contribution in [0.1, 0.15) is 17.9 Å². The summed E-state index contributed by atoms with van der Waals surface area (Å²) >= 11 is 5.84. The average molecular weight is 357 g/mol. The Morgan fingerprint density at radius 3 is 2.72 bits per heavy atom. The van der Waals surface area contributed by atoms with Gasteiger partial charge in [0, 0.05) is 30.6 Å². The minimum absolute atomic E-state index is 0.0495. The number of carbonyl (C=O) groups is 1. The van der Waals surface area contributed by atoms with Crippen LogP contribution in [0.15, 0.2) is 53.2 Å². The molecule has 0 saturated carbocycles. The van der Waals surface area contributed by atoms with Crippen molar-refractivity contribution in [2.24, 2.45) is 0 Å². The van der Waals surface area contributed by atoms with Gasteiger partial charge in [0.15, 0.2) is 0 Å². The Morgan fingerprint density at radius 2 is 1.96 bits per heavy atom. The Kier molecular flexibility index (Phi) is 5.74. The molecule has 6 nitrogen and oxygen atoms in total. The molecule has 2 aromatic heterocycles. The molecule has 2 heterocycles. The molecule has 0 radical (unpaired) electrons. The maximum absolute atomic E-state index is 11.9. The predicted octanol–water partition coefficient (Wildman–Crippen LogP) is 3.08. The molecule has 0 spiro atoms. The van der Waals surface area contributed by atoms with E-state index in [4.69, 9.17) is 16.1 Å². The van der Waals surface area contributed by atoms with Gasteiger partial charge in [-0.2, -0.15) is 4.98 Å². The van der Waals surface area contributed by atoms with E-state index in [1.807, 2.05) is 36.4 Å². The first kappa shape index (κ1) is 17.1. The third-order valence-electron chi connectivity index (χ3n) is 3.58.